The van der Waals surface area contributed by atoms with Crippen LogP contribution in [0.1, 0.15) is 30.0 Å². The van der Waals surface area contributed by atoms with Crippen LogP contribution in [-0.4, -0.2) is 44.7 Å². The van der Waals surface area contributed by atoms with Crippen molar-refractivity contribution in [1.82, 2.24) is 15.1 Å². The van der Waals surface area contributed by atoms with E-state index < -0.39 is 17.4 Å². The Morgan fingerprint density at radius 1 is 1.50 bits per heavy atom. The fourth-order valence-electron chi connectivity index (χ4n) is 1.10. The maximum Gasteiger partial charge on any atom is 0.329 e. The van der Waals surface area contributed by atoms with Gasteiger partial charge in [0.25, 0.3) is 5.91 Å². The van der Waals surface area contributed by atoms with Gasteiger partial charge >= 0.3 is 5.97 Å². The van der Waals surface area contributed by atoms with Crippen molar-refractivity contribution >= 4 is 11.9 Å². The van der Waals surface area contributed by atoms with Crippen LogP contribution in [0.15, 0.2) is 6.07 Å². The molecule has 0 radical (unpaired) electrons. The van der Waals surface area contributed by atoms with Gasteiger partial charge in [0.1, 0.15) is 11.2 Å². The summed E-state index contributed by atoms with van der Waals surface area (Å²) in [6, 6.07) is 1.58. The van der Waals surface area contributed by atoms with Crippen molar-refractivity contribution in [1.29, 1.82) is 0 Å². The van der Waals surface area contributed by atoms with Crippen molar-refractivity contribution in [3.8, 4) is 0 Å². The molecule has 6 heteroatoms. The number of nitrogens with one attached hydrogen (secondary N) is 1. The molecule has 0 unspecified atom stereocenters. The first kappa shape index (κ1) is 12.2. The van der Waals surface area contributed by atoms with Crippen LogP contribution in [0.5, 0.6) is 0 Å². The second kappa shape index (κ2) is 3.96. The van der Waals surface area contributed by atoms with E-state index in [1.807, 2.05) is 0 Å². The number of aromatic amines is 1. The average molecular weight is 225 g/mol. The van der Waals surface area contributed by atoms with Crippen molar-refractivity contribution < 1.29 is 14.7 Å². The molecule has 0 aromatic carbocycles. The number of carbonyl (C=O) groups excluding carboxylic acids is 1. The van der Waals surface area contributed by atoms with Crippen molar-refractivity contribution in [3.63, 3.8) is 0 Å². The molecule has 0 bridgehead atoms. The van der Waals surface area contributed by atoms with Gasteiger partial charge in [0.15, 0.2) is 0 Å². The van der Waals surface area contributed by atoms with Crippen molar-refractivity contribution in [3.05, 3.63) is 17.5 Å². The van der Waals surface area contributed by atoms with Crippen molar-refractivity contribution in [2.24, 2.45) is 0 Å². The number of carbonyl (C=O) groups is 2. The second-order valence-corrected chi connectivity index (χ2v) is 4.16. The Morgan fingerprint density at radius 3 is 2.44 bits per heavy atom. The van der Waals surface area contributed by atoms with E-state index in [9.17, 15) is 9.59 Å². The number of carboxylic acids is 1. The van der Waals surface area contributed by atoms with Crippen LogP contribution in [0.25, 0.3) is 0 Å². The largest absolute Gasteiger partial charge is 0.480 e. The number of amides is 1. The zero-order valence-corrected chi connectivity index (χ0v) is 9.74. The molecule has 1 rings (SSSR count). The molecule has 0 saturated heterocycles. The van der Waals surface area contributed by atoms with Gasteiger partial charge in [0.2, 0.25) is 0 Å². The summed E-state index contributed by atoms with van der Waals surface area (Å²) < 4.78 is 0. The Kier molecular flexibility index (Phi) is 3.02. The molecule has 0 spiro atoms. The Morgan fingerprint density at radius 2 is 2.06 bits per heavy atom. The second-order valence-electron chi connectivity index (χ2n) is 4.16. The van der Waals surface area contributed by atoms with Gasteiger partial charge in [-0.25, -0.2) is 4.79 Å². The number of H-pyrrole nitrogens is 1. The van der Waals surface area contributed by atoms with E-state index in [1.165, 1.54) is 20.9 Å². The van der Waals surface area contributed by atoms with Gasteiger partial charge in [0.05, 0.1) is 0 Å². The molecule has 0 fully saturated rings. The standard InChI is InChI=1S/C10H15N3O3/c1-6-5-7(12-11-6)8(14)13(4)10(2,3)9(15)16/h5H,1-4H3,(H,11,12)(H,15,16). The first-order valence-corrected chi connectivity index (χ1v) is 4.80. The highest BCUT2D eigenvalue weighted by Crippen LogP contribution is 2.15. The van der Waals surface area contributed by atoms with Gasteiger partial charge in [-0.1, -0.05) is 0 Å². The Balaban J connectivity index is 2.95. The third-order valence-corrected chi connectivity index (χ3v) is 2.59. The average Bonchev–Trinajstić information content (AvgIpc) is 2.62. The quantitative estimate of drug-likeness (QED) is 0.790. The van der Waals surface area contributed by atoms with E-state index in [1.54, 1.807) is 13.0 Å². The number of rotatable bonds is 3. The molecule has 16 heavy (non-hydrogen) atoms. The van der Waals surface area contributed by atoms with E-state index in [0.29, 0.717) is 0 Å². The molecule has 0 aliphatic rings. The van der Waals surface area contributed by atoms with E-state index in [-0.39, 0.29) is 5.69 Å². The van der Waals surface area contributed by atoms with Crippen LogP contribution < -0.4 is 0 Å². The van der Waals surface area contributed by atoms with E-state index >= 15 is 0 Å². The van der Waals surface area contributed by atoms with E-state index in [0.717, 1.165) is 10.6 Å². The molecule has 1 heterocycles. The molecule has 1 aromatic heterocycles. The Labute approximate surface area is 93.3 Å². The normalized spacial score (nSPS) is 11.2. The van der Waals surface area contributed by atoms with Crippen LogP contribution in [0.2, 0.25) is 0 Å². The molecule has 0 aliphatic carbocycles. The summed E-state index contributed by atoms with van der Waals surface area (Å²) in [5.74, 6) is -1.48. The van der Waals surface area contributed by atoms with Gasteiger partial charge in [-0.2, -0.15) is 5.10 Å². The maximum atomic E-state index is 11.9. The summed E-state index contributed by atoms with van der Waals surface area (Å²) >= 11 is 0. The SMILES string of the molecule is Cc1cc(C(=O)N(C)C(C)(C)C(=O)O)n[nH]1. The van der Waals surface area contributed by atoms with Crippen LogP contribution >= 0.6 is 0 Å². The fraction of sp³-hybridized carbons (Fsp3) is 0.500. The van der Waals surface area contributed by atoms with Gasteiger partial charge in [0, 0.05) is 12.7 Å². The lowest BCUT2D eigenvalue weighted by Gasteiger charge is -2.30. The molecular weight excluding hydrogens is 210 g/mol. The summed E-state index contributed by atoms with van der Waals surface area (Å²) in [5.41, 5.74) is -0.288. The van der Waals surface area contributed by atoms with Gasteiger partial charge in [-0.05, 0) is 26.8 Å². The van der Waals surface area contributed by atoms with Crippen LogP contribution in [0, 0.1) is 6.92 Å². The van der Waals surface area contributed by atoms with Gasteiger partial charge < -0.3 is 10.0 Å². The lowest BCUT2D eigenvalue weighted by atomic mass is 10.0. The van der Waals surface area contributed by atoms with Crippen LogP contribution in [-0.2, 0) is 4.79 Å². The number of hydrogen-bond acceptors (Lipinski definition) is 3. The number of aromatic nitrogens is 2. The lowest BCUT2D eigenvalue weighted by Crippen LogP contribution is -2.50. The number of likely N-dealkylation sites (N-methyl/N-ethyl adjacent to an activating group) is 1. The lowest BCUT2D eigenvalue weighted by molar-refractivity contribution is -0.147. The monoisotopic (exact) mass is 225 g/mol. The molecule has 88 valence electrons. The molecule has 1 amide bonds. The molecule has 2 N–H and O–H groups in total. The molecule has 0 aliphatic heterocycles. The predicted molar refractivity (Wildman–Crippen MR) is 57.1 cm³/mol. The molecular formula is C10H15N3O3. The zero-order chi connectivity index (χ0) is 12.5. The highest BCUT2D eigenvalue weighted by Gasteiger charge is 2.36. The molecule has 1 aromatic rings. The summed E-state index contributed by atoms with van der Waals surface area (Å²) in [5, 5.41) is 15.4. The van der Waals surface area contributed by atoms with Crippen LogP contribution in [0.3, 0.4) is 0 Å². The van der Waals surface area contributed by atoms with Gasteiger partial charge in [-0.3, -0.25) is 9.89 Å². The third kappa shape index (κ3) is 2.05. The first-order chi connectivity index (χ1) is 7.26. The summed E-state index contributed by atoms with van der Waals surface area (Å²) in [6.07, 6.45) is 0. The van der Waals surface area contributed by atoms with Gasteiger partial charge in [-0.15, -0.1) is 0 Å². The number of aryl methyl sites for hydroxylation is 1. The van der Waals surface area contributed by atoms with E-state index in [2.05, 4.69) is 10.2 Å². The first-order valence-electron chi connectivity index (χ1n) is 4.80. The van der Waals surface area contributed by atoms with Crippen molar-refractivity contribution in [2.75, 3.05) is 7.05 Å². The summed E-state index contributed by atoms with van der Waals surface area (Å²) in [7, 11) is 1.44. The number of carboxylic acid groups (broad SMARTS) is 1. The Bertz CT molecular complexity index is 423. The predicted octanol–water partition coefficient (Wildman–Crippen LogP) is 0.653. The van der Waals surface area contributed by atoms with E-state index in [4.69, 9.17) is 5.11 Å². The molecule has 6 nitrogen and oxygen atoms in total. The highest BCUT2D eigenvalue weighted by atomic mass is 16.4. The minimum absolute atomic E-state index is 0.217. The van der Waals surface area contributed by atoms with Crippen LogP contribution in [0.4, 0.5) is 0 Å². The third-order valence-electron chi connectivity index (χ3n) is 2.59. The Hall–Kier alpha value is -1.85. The zero-order valence-electron chi connectivity index (χ0n) is 9.74. The van der Waals surface area contributed by atoms with Crippen molar-refractivity contribution in [2.45, 2.75) is 26.3 Å². The fourth-order valence-corrected chi connectivity index (χ4v) is 1.10. The summed E-state index contributed by atoms with van der Waals surface area (Å²) in [6.45, 7) is 4.70. The summed E-state index contributed by atoms with van der Waals surface area (Å²) in [4.78, 5) is 24.0. The molecule has 0 saturated carbocycles. The number of aliphatic carboxylic acids is 1. The minimum atomic E-state index is -1.26. The minimum Gasteiger partial charge on any atom is -0.480 e. The maximum absolute atomic E-state index is 11.9. The highest BCUT2D eigenvalue weighted by molar-refractivity contribution is 5.96. The number of nitrogens with zero attached hydrogens (tertiary/aromatic N) is 2. The number of hydrogen-bond donors (Lipinski definition) is 2. The molecule has 0 atom stereocenters. The smallest absolute Gasteiger partial charge is 0.329 e. The topological polar surface area (TPSA) is 86.3 Å².